The van der Waals surface area contributed by atoms with Crippen molar-refractivity contribution in [1.29, 1.82) is 0 Å². The molecular formula is C38H42F5N3O4S. The van der Waals surface area contributed by atoms with Gasteiger partial charge in [0.15, 0.2) is 11.6 Å². The number of carbonyl (C=O) groups excluding carboxylic acids is 2. The van der Waals surface area contributed by atoms with Crippen LogP contribution in [0, 0.1) is 18.6 Å². The van der Waals surface area contributed by atoms with Gasteiger partial charge >= 0.3 is 6.18 Å². The highest BCUT2D eigenvalue weighted by Crippen LogP contribution is 2.31. The van der Waals surface area contributed by atoms with Gasteiger partial charge in [-0.05, 0) is 99.6 Å². The van der Waals surface area contributed by atoms with E-state index in [9.17, 15) is 31.5 Å². The predicted molar refractivity (Wildman–Crippen MR) is 189 cm³/mol. The number of ether oxygens (including phenoxy) is 1. The molecule has 0 saturated heterocycles. The summed E-state index contributed by atoms with van der Waals surface area (Å²) < 4.78 is 69.8. The second kappa shape index (κ2) is 19.8. The molecule has 51 heavy (non-hydrogen) atoms. The number of halogens is 5. The standard InChI is InChI=1S/C23H27F3N2O4.C15H15F2NS/c1-16-5-3-6-20(22(16)32-12-4-11-28(15-30)17(2)14-29)27-21(31)13-18-7-9-19(10-8-18)23(24,25)26;1-18(2)10-11-3-5-12(6-4-11)19-13-7-8-14(16)15(17)9-13/h3,5-10,15,17,29H,4,11-14H2,1-2H3,(H,27,31);3-9H,10H2,1-2H3/t17-;/m0./s1. The third-order valence-corrected chi connectivity index (χ3v) is 8.45. The van der Waals surface area contributed by atoms with E-state index in [1.807, 2.05) is 51.4 Å². The average molecular weight is 732 g/mol. The Bertz CT molecular complexity index is 1700. The largest absolute Gasteiger partial charge is 0.491 e. The molecule has 4 aromatic carbocycles. The van der Waals surface area contributed by atoms with Crippen molar-refractivity contribution < 1.29 is 41.4 Å². The van der Waals surface area contributed by atoms with Gasteiger partial charge in [0.2, 0.25) is 12.3 Å². The van der Waals surface area contributed by atoms with E-state index < -0.39 is 23.4 Å². The van der Waals surface area contributed by atoms with Gasteiger partial charge in [-0.1, -0.05) is 48.2 Å². The zero-order valence-corrected chi connectivity index (χ0v) is 29.7. The number of aliphatic hydroxyl groups is 1. The number of aliphatic hydroxyl groups excluding tert-OH is 1. The molecule has 0 saturated carbocycles. The number of para-hydroxylation sites is 1. The summed E-state index contributed by atoms with van der Waals surface area (Å²) in [6.07, 6.45) is -3.30. The molecule has 0 aromatic heterocycles. The molecule has 2 amide bonds. The number of nitrogens with zero attached hydrogens (tertiary/aromatic N) is 2. The predicted octanol–water partition coefficient (Wildman–Crippen LogP) is 7.98. The fourth-order valence-corrected chi connectivity index (χ4v) is 5.58. The zero-order chi connectivity index (χ0) is 37.6. The van der Waals surface area contributed by atoms with Crippen molar-refractivity contribution in [2.24, 2.45) is 0 Å². The Morgan fingerprint density at radius 2 is 1.59 bits per heavy atom. The second-order valence-electron chi connectivity index (χ2n) is 12.0. The number of hydrogen-bond acceptors (Lipinski definition) is 6. The van der Waals surface area contributed by atoms with Crippen LogP contribution in [0.4, 0.5) is 27.6 Å². The van der Waals surface area contributed by atoms with E-state index in [2.05, 4.69) is 10.2 Å². The number of aryl methyl sites for hydroxylation is 1. The molecule has 7 nitrogen and oxygen atoms in total. The Balaban J connectivity index is 0.000000313. The molecule has 4 aromatic rings. The van der Waals surface area contributed by atoms with Gasteiger partial charge in [0, 0.05) is 22.9 Å². The minimum Gasteiger partial charge on any atom is -0.491 e. The SMILES string of the molecule is CN(C)Cc1ccc(Sc2ccc(F)c(F)c2)cc1.Cc1cccc(NC(=O)Cc2ccc(C(F)(F)F)cc2)c1OCCCN(C=O)[C@@H](C)CO. The van der Waals surface area contributed by atoms with Gasteiger partial charge in [0.25, 0.3) is 0 Å². The van der Waals surface area contributed by atoms with Gasteiger partial charge in [-0.25, -0.2) is 8.78 Å². The first-order chi connectivity index (χ1) is 24.2. The van der Waals surface area contributed by atoms with Gasteiger partial charge in [-0.15, -0.1) is 0 Å². The third-order valence-electron chi connectivity index (χ3n) is 7.45. The van der Waals surface area contributed by atoms with E-state index in [1.165, 1.54) is 40.4 Å². The van der Waals surface area contributed by atoms with Gasteiger partial charge < -0.3 is 25.0 Å². The average Bonchev–Trinajstić information content (AvgIpc) is 3.08. The first-order valence-corrected chi connectivity index (χ1v) is 16.9. The van der Waals surface area contributed by atoms with E-state index in [0.717, 1.165) is 35.2 Å². The molecular weight excluding hydrogens is 689 g/mol. The van der Waals surface area contributed by atoms with Crippen LogP contribution < -0.4 is 10.1 Å². The Morgan fingerprint density at radius 3 is 2.18 bits per heavy atom. The minimum atomic E-state index is -4.42. The van der Waals surface area contributed by atoms with Crippen molar-refractivity contribution in [3.05, 3.63) is 119 Å². The number of amides is 2. The first kappa shape index (κ1) is 41.0. The quantitative estimate of drug-likeness (QED) is 0.0734. The van der Waals surface area contributed by atoms with Crippen LogP contribution in [0.1, 0.15) is 35.6 Å². The van der Waals surface area contributed by atoms with E-state index in [0.29, 0.717) is 41.3 Å². The Hall–Kier alpha value is -4.46. The van der Waals surface area contributed by atoms with E-state index >= 15 is 0 Å². The monoisotopic (exact) mass is 731 g/mol. The molecule has 0 bridgehead atoms. The molecule has 4 rings (SSSR count). The van der Waals surface area contributed by atoms with Crippen LogP contribution in [0.25, 0.3) is 0 Å². The number of nitrogens with one attached hydrogen (secondary N) is 1. The van der Waals surface area contributed by atoms with Gasteiger partial charge in [0.05, 0.1) is 36.9 Å². The summed E-state index contributed by atoms with van der Waals surface area (Å²) in [5, 5.41) is 11.9. The van der Waals surface area contributed by atoms with Crippen molar-refractivity contribution in [2.45, 2.75) is 55.2 Å². The highest BCUT2D eigenvalue weighted by molar-refractivity contribution is 7.99. The zero-order valence-electron chi connectivity index (χ0n) is 28.8. The van der Waals surface area contributed by atoms with Crippen LogP contribution in [0.2, 0.25) is 0 Å². The molecule has 0 fully saturated rings. The Kier molecular flexibility index (Phi) is 15.9. The molecule has 0 radical (unpaired) electrons. The smallest absolute Gasteiger partial charge is 0.416 e. The lowest BCUT2D eigenvalue weighted by Gasteiger charge is -2.23. The third kappa shape index (κ3) is 13.6. The van der Waals surface area contributed by atoms with E-state index in [1.54, 1.807) is 25.1 Å². The molecule has 13 heteroatoms. The van der Waals surface area contributed by atoms with E-state index in [4.69, 9.17) is 9.84 Å². The summed E-state index contributed by atoms with van der Waals surface area (Å²) >= 11 is 1.42. The van der Waals surface area contributed by atoms with Gasteiger partial charge in [-0.2, -0.15) is 13.2 Å². The Morgan fingerprint density at radius 1 is 0.941 bits per heavy atom. The summed E-state index contributed by atoms with van der Waals surface area (Å²) in [7, 11) is 4.04. The molecule has 0 unspecified atom stereocenters. The minimum absolute atomic E-state index is 0.0845. The molecule has 274 valence electrons. The van der Waals surface area contributed by atoms with Crippen LogP contribution in [-0.4, -0.2) is 67.1 Å². The topological polar surface area (TPSA) is 82.1 Å². The molecule has 1 atom stereocenters. The van der Waals surface area contributed by atoms with Gasteiger partial charge in [0.1, 0.15) is 5.75 Å². The van der Waals surface area contributed by atoms with E-state index in [-0.39, 0.29) is 31.6 Å². The summed E-state index contributed by atoms with van der Waals surface area (Å²) in [6.45, 7) is 5.01. The van der Waals surface area contributed by atoms with Crippen molar-refractivity contribution >= 4 is 29.8 Å². The fourth-order valence-electron chi connectivity index (χ4n) is 4.74. The van der Waals surface area contributed by atoms with Crippen molar-refractivity contribution in [1.82, 2.24) is 9.80 Å². The normalized spacial score (nSPS) is 11.7. The van der Waals surface area contributed by atoms with Crippen LogP contribution in [0.3, 0.4) is 0 Å². The van der Waals surface area contributed by atoms with Crippen LogP contribution >= 0.6 is 11.8 Å². The van der Waals surface area contributed by atoms with Crippen LogP contribution in [0.15, 0.2) is 94.7 Å². The van der Waals surface area contributed by atoms with Crippen molar-refractivity contribution in [2.75, 3.05) is 39.2 Å². The second-order valence-corrected chi connectivity index (χ2v) is 13.2. The summed E-state index contributed by atoms with van der Waals surface area (Å²) in [5.41, 5.74) is 2.17. The van der Waals surface area contributed by atoms with Crippen LogP contribution in [-0.2, 0) is 28.7 Å². The number of benzene rings is 4. The lowest BCUT2D eigenvalue weighted by atomic mass is 10.1. The van der Waals surface area contributed by atoms with Crippen molar-refractivity contribution in [3.63, 3.8) is 0 Å². The molecule has 0 aliphatic heterocycles. The lowest BCUT2D eigenvalue weighted by Crippen LogP contribution is -2.35. The summed E-state index contributed by atoms with van der Waals surface area (Å²) in [6, 6.07) is 21.4. The molecule has 0 spiro atoms. The van der Waals surface area contributed by atoms with Crippen LogP contribution in [0.5, 0.6) is 5.75 Å². The fraction of sp³-hybridized carbons (Fsp3) is 0.316. The van der Waals surface area contributed by atoms with Crippen molar-refractivity contribution in [3.8, 4) is 5.75 Å². The van der Waals surface area contributed by atoms with Gasteiger partial charge in [-0.3, -0.25) is 9.59 Å². The lowest BCUT2D eigenvalue weighted by molar-refractivity contribution is -0.137. The number of rotatable bonds is 15. The number of hydrogen-bond donors (Lipinski definition) is 2. The number of anilines is 1. The Labute approximate surface area is 299 Å². The maximum Gasteiger partial charge on any atom is 0.416 e. The summed E-state index contributed by atoms with van der Waals surface area (Å²) in [5.74, 6) is -1.52. The maximum absolute atomic E-state index is 13.1. The molecule has 2 N–H and O–H groups in total. The highest BCUT2D eigenvalue weighted by Gasteiger charge is 2.30. The number of alkyl halides is 3. The number of carbonyl (C=O) groups is 2. The molecule has 0 heterocycles. The maximum atomic E-state index is 13.1. The molecule has 0 aliphatic rings. The highest BCUT2D eigenvalue weighted by atomic mass is 32.2. The summed E-state index contributed by atoms with van der Waals surface area (Å²) in [4.78, 5) is 28.8. The first-order valence-electron chi connectivity index (χ1n) is 16.1. The molecule has 0 aliphatic carbocycles.